The van der Waals surface area contributed by atoms with Gasteiger partial charge in [0.1, 0.15) is 17.9 Å². The zero-order valence-electron chi connectivity index (χ0n) is 13.1. The highest BCUT2D eigenvalue weighted by molar-refractivity contribution is 7.89. The molecule has 0 aliphatic carbocycles. The number of benzene rings is 1. The minimum atomic E-state index is -3.42. The van der Waals surface area contributed by atoms with E-state index >= 15 is 0 Å². The Morgan fingerprint density at radius 1 is 1.24 bits per heavy atom. The van der Waals surface area contributed by atoms with Crippen molar-refractivity contribution in [2.75, 3.05) is 6.26 Å². The van der Waals surface area contributed by atoms with Crippen molar-refractivity contribution >= 4 is 27.6 Å². The Labute approximate surface area is 142 Å². The Bertz CT molecular complexity index is 1170. The first-order chi connectivity index (χ1) is 11.9. The van der Waals surface area contributed by atoms with Crippen molar-refractivity contribution < 1.29 is 8.42 Å². The van der Waals surface area contributed by atoms with E-state index in [9.17, 15) is 13.2 Å². The van der Waals surface area contributed by atoms with E-state index in [1.165, 1.54) is 6.33 Å². The molecule has 0 amide bonds. The molecule has 25 heavy (non-hydrogen) atoms. The fourth-order valence-electron chi connectivity index (χ4n) is 2.12. The zero-order chi connectivity index (χ0) is 18.0. The van der Waals surface area contributed by atoms with Gasteiger partial charge in [-0.05, 0) is 23.8 Å². The molecule has 0 spiro atoms. The van der Waals surface area contributed by atoms with Crippen LogP contribution in [0.25, 0.3) is 17.8 Å². The molecule has 1 aromatic carbocycles. The molecule has 0 atom stereocenters. The first-order valence-corrected chi connectivity index (χ1v) is 9.10. The number of nitrogens with zero attached hydrogens (tertiary/aromatic N) is 6. The van der Waals surface area contributed by atoms with Gasteiger partial charge in [-0.25, -0.2) is 22.6 Å². The van der Waals surface area contributed by atoms with Gasteiger partial charge in [-0.3, -0.25) is 0 Å². The third-order valence-corrected chi connectivity index (χ3v) is 3.99. The summed E-state index contributed by atoms with van der Waals surface area (Å²) in [5.41, 5.74) is 1.40. The van der Waals surface area contributed by atoms with Crippen molar-refractivity contribution in [2.45, 2.75) is 5.88 Å². The summed E-state index contributed by atoms with van der Waals surface area (Å²) < 4.78 is 24.5. The van der Waals surface area contributed by atoms with E-state index in [4.69, 9.17) is 5.26 Å². The Kier molecular flexibility index (Phi) is 4.16. The summed E-state index contributed by atoms with van der Waals surface area (Å²) in [7, 11) is -3.42. The summed E-state index contributed by atoms with van der Waals surface area (Å²) >= 11 is 0. The monoisotopic (exact) mass is 356 g/mol. The van der Waals surface area contributed by atoms with Gasteiger partial charge in [-0.2, -0.15) is 9.94 Å². The molecule has 0 unspecified atom stereocenters. The van der Waals surface area contributed by atoms with Crippen LogP contribution in [0.4, 0.5) is 0 Å². The number of sulfone groups is 1. The van der Waals surface area contributed by atoms with Crippen molar-refractivity contribution in [1.29, 1.82) is 5.26 Å². The molecule has 9 nitrogen and oxygen atoms in total. The second-order valence-electron chi connectivity index (χ2n) is 5.32. The molecule has 126 valence electrons. The number of fused-ring (bicyclic) bond motifs is 1. The first-order valence-electron chi connectivity index (χ1n) is 7.04. The van der Waals surface area contributed by atoms with Crippen LogP contribution in [-0.4, -0.2) is 39.1 Å². The topological polar surface area (TPSA) is 123 Å². The van der Waals surface area contributed by atoms with Crippen molar-refractivity contribution in [1.82, 2.24) is 24.4 Å². The van der Waals surface area contributed by atoms with Crippen molar-refractivity contribution in [3.05, 3.63) is 57.9 Å². The molecule has 0 saturated heterocycles. The molecule has 10 heteroatoms. The molecule has 0 fully saturated rings. The molecule has 0 aliphatic rings. The fraction of sp³-hybridized carbons (Fsp3) is 0.133. The Morgan fingerprint density at radius 3 is 2.60 bits per heavy atom. The molecule has 0 radical (unpaired) electrons. The summed E-state index contributed by atoms with van der Waals surface area (Å²) in [4.78, 5) is 16.3. The van der Waals surface area contributed by atoms with Crippen LogP contribution in [0.1, 0.15) is 16.8 Å². The SMILES string of the molecule is CS(=O)(=O)Cn1nnc2c(C=Cc3ccc(C#N)cc3)ncn2c1=O. The van der Waals surface area contributed by atoms with Gasteiger partial charge in [-0.15, -0.1) is 5.10 Å². The van der Waals surface area contributed by atoms with Crippen LogP contribution in [0, 0.1) is 11.3 Å². The lowest BCUT2D eigenvalue weighted by molar-refractivity contribution is 0.547. The number of hydrogen-bond acceptors (Lipinski definition) is 7. The van der Waals surface area contributed by atoms with Gasteiger partial charge in [0.05, 0.1) is 11.6 Å². The maximum Gasteiger partial charge on any atom is 0.353 e. The van der Waals surface area contributed by atoms with Gasteiger partial charge >= 0.3 is 5.69 Å². The van der Waals surface area contributed by atoms with E-state index in [1.54, 1.807) is 36.4 Å². The summed E-state index contributed by atoms with van der Waals surface area (Å²) in [5, 5.41) is 16.3. The van der Waals surface area contributed by atoms with Crippen LogP contribution < -0.4 is 5.69 Å². The Hall–Kier alpha value is -3.32. The smallest absolute Gasteiger partial charge is 0.245 e. The van der Waals surface area contributed by atoms with Crippen LogP contribution >= 0.6 is 0 Å². The molecular weight excluding hydrogens is 344 g/mol. The molecule has 2 heterocycles. The normalized spacial score (nSPS) is 11.8. The van der Waals surface area contributed by atoms with E-state index in [0.29, 0.717) is 11.3 Å². The molecule has 3 rings (SSSR count). The number of aromatic nitrogens is 5. The average Bonchev–Trinajstić information content (AvgIpc) is 2.99. The third-order valence-electron chi connectivity index (χ3n) is 3.27. The van der Waals surface area contributed by atoms with Crippen LogP contribution in [0.3, 0.4) is 0 Å². The van der Waals surface area contributed by atoms with Crippen LogP contribution in [-0.2, 0) is 15.7 Å². The highest BCUT2D eigenvalue weighted by Crippen LogP contribution is 2.10. The first kappa shape index (κ1) is 16.5. The highest BCUT2D eigenvalue weighted by Gasteiger charge is 2.12. The molecule has 3 aromatic rings. The summed E-state index contributed by atoms with van der Waals surface area (Å²) in [6.45, 7) is 0. The predicted octanol–water partition coefficient (Wildman–Crippen LogP) is 0.330. The minimum Gasteiger partial charge on any atom is -0.245 e. The van der Waals surface area contributed by atoms with Gasteiger partial charge in [0, 0.05) is 6.26 Å². The van der Waals surface area contributed by atoms with Gasteiger partial charge in [0.25, 0.3) is 0 Å². The maximum absolute atomic E-state index is 12.2. The Balaban J connectivity index is 1.95. The van der Waals surface area contributed by atoms with Crippen molar-refractivity contribution in [2.24, 2.45) is 0 Å². The number of hydrogen-bond donors (Lipinski definition) is 0. The molecule has 2 aromatic heterocycles. The van der Waals surface area contributed by atoms with E-state index in [1.807, 2.05) is 6.07 Å². The van der Waals surface area contributed by atoms with Gasteiger partial charge in [0.2, 0.25) is 0 Å². The van der Waals surface area contributed by atoms with Crippen molar-refractivity contribution in [3.8, 4) is 6.07 Å². The summed E-state index contributed by atoms with van der Waals surface area (Å²) in [5.74, 6) is -0.552. The predicted molar refractivity (Wildman–Crippen MR) is 90.0 cm³/mol. The average molecular weight is 356 g/mol. The fourth-order valence-corrected chi connectivity index (χ4v) is 2.73. The van der Waals surface area contributed by atoms with Crippen LogP contribution in [0.2, 0.25) is 0 Å². The van der Waals surface area contributed by atoms with Crippen LogP contribution in [0.15, 0.2) is 35.4 Å². The summed E-state index contributed by atoms with van der Waals surface area (Å²) in [6.07, 6.45) is 5.69. The van der Waals surface area contributed by atoms with Gasteiger partial charge in [-0.1, -0.05) is 23.4 Å². The van der Waals surface area contributed by atoms with E-state index in [-0.39, 0.29) is 5.65 Å². The second kappa shape index (κ2) is 6.29. The molecule has 0 N–H and O–H groups in total. The minimum absolute atomic E-state index is 0.222. The maximum atomic E-state index is 12.2. The van der Waals surface area contributed by atoms with Crippen LogP contribution in [0.5, 0.6) is 0 Å². The Morgan fingerprint density at radius 2 is 1.96 bits per heavy atom. The molecular formula is C15H12N6O3S. The lowest BCUT2D eigenvalue weighted by atomic mass is 10.1. The number of rotatable bonds is 4. The molecule has 0 saturated carbocycles. The molecule has 0 aliphatic heterocycles. The highest BCUT2D eigenvalue weighted by atomic mass is 32.2. The van der Waals surface area contributed by atoms with Gasteiger partial charge in [0.15, 0.2) is 15.5 Å². The van der Waals surface area contributed by atoms with E-state index < -0.39 is 21.4 Å². The number of nitriles is 1. The third kappa shape index (κ3) is 3.61. The number of imidazole rings is 1. The standard InChI is InChI=1S/C15H12N6O3S/c1-25(23,24)10-21-15(22)20-9-17-13(14(20)18-19-21)7-6-11-2-4-12(8-16)5-3-11/h2-7,9H,10H2,1H3. The quantitative estimate of drug-likeness (QED) is 0.660. The second-order valence-corrected chi connectivity index (χ2v) is 7.43. The van der Waals surface area contributed by atoms with E-state index in [2.05, 4.69) is 15.3 Å². The largest absolute Gasteiger partial charge is 0.353 e. The molecule has 0 bridgehead atoms. The lowest BCUT2D eigenvalue weighted by Crippen LogP contribution is -2.32. The van der Waals surface area contributed by atoms with Crippen molar-refractivity contribution in [3.63, 3.8) is 0 Å². The lowest BCUT2D eigenvalue weighted by Gasteiger charge is -2.01. The van der Waals surface area contributed by atoms with E-state index in [0.717, 1.165) is 20.9 Å². The summed E-state index contributed by atoms with van der Waals surface area (Å²) in [6, 6.07) is 8.97. The zero-order valence-corrected chi connectivity index (χ0v) is 13.9. The van der Waals surface area contributed by atoms with Gasteiger partial charge < -0.3 is 0 Å².